The van der Waals surface area contributed by atoms with Crippen LogP contribution in [0.4, 0.5) is 0 Å². The fourth-order valence-corrected chi connectivity index (χ4v) is 1.91. The van der Waals surface area contributed by atoms with Crippen LogP contribution in [0.3, 0.4) is 0 Å². The molecule has 0 aromatic heterocycles. The van der Waals surface area contributed by atoms with Crippen LogP contribution in [0.2, 0.25) is 0 Å². The monoisotopic (exact) mass is 236 g/mol. The minimum absolute atomic E-state index is 0.0617. The normalized spacial score (nSPS) is 10.5. The molecule has 0 fully saturated rings. The van der Waals surface area contributed by atoms with Crippen LogP contribution < -0.4 is 0 Å². The SMILES string of the molecule is CC(=O)c1ccc(CCCO)cc1CCCO. The van der Waals surface area contributed by atoms with E-state index in [0.29, 0.717) is 6.42 Å². The highest BCUT2D eigenvalue weighted by Crippen LogP contribution is 2.16. The van der Waals surface area contributed by atoms with Gasteiger partial charge in [0.2, 0.25) is 0 Å². The van der Waals surface area contributed by atoms with E-state index >= 15 is 0 Å². The summed E-state index contributed by atoms with van der Waals surface area (Å²) in [6.45, 7) is 1.88. The van der Waals surface area contributed by atoms with Crippen LogP contribution in [0.25, 0.3) is 0 Å². The Kier molecular flexibility index (Phi) is 5.87. The highest BCUT2D eigenvalue weighted by Gasteiger charge is 2.07. The molecule has 0 aliphatic carbocycles. The van der Waals surface area contributed by atoms with Crippen LogP contribution in [0, 0.1) is 0 Å². The number of rotatable bonds is 7. The number of aliphatic hydroxyl groups is 2. The van der Waals surface area contributed by atoms with Crippen molar-refractivity contribution in [3.63, 3.8) is 0 Å². The molecule has 0 unspecified atom stereocenters. The van der Waals surface area contributed by atoms with Gasteiger partial charge < -0.3 is 10.2 Å². The van der Waals surface area contributed by atoms with Gasteiger partial charge in [-0.25, -0.2) is 0 Å². The van der Waals surface area contributed by atoms with E-state index in [-0.39, 0.29) is 19.0 Å². The first-order valence-electron chi connectivity index (χ1n) is 6.03. The van der Waals surface area contributed by atoms with Crippen LogP contribution in [-0.2, 0) is 12.8 Å². The van der Waals surface area contributed by atoms with Crippen molar-refractivity contribution in [2.75, 3.05) is 13.2 Å². The van der Waals surface area contributed by atoms with Crippen LogP contribution in [0.15, 0.2) is 18.2 Å². The summed E-state index contributed by atoms with van der Waals surface area (Å²) in [7, 11) is 0. The van der Waals surface area contributed by atoms with E-state index in [0.717, 1.165) is 36.0 Å². The first-order valence-corrected chi connectivity index (χ1v) is 6.03. The number of aliphatic hydroxyl groups excluding tert-OH is 2. The summed E-state index contributed by atoms with van der Waals surface area (Å²) in [5.74, 6) is 0.0617. The van der Waals surface area contributed by atoms with E-state index in [9.17, 15) is 4.79 Å². The summed E-state index contributed by atoms with van der Waals surface area (Å²) >= 11 is 0. The van der Waals surface area contributed by atoms with Gasteiger partial charge in [-0.15, -0.1) is 0 Å². The predicted octanol–water partition coefficient (Wildman–Crippen LogP) is 1.74. The first kappa shape index (κ1) is 13.9. The van der Waals surface area contributed by atoms with Gasteiger partial charge in [-0.3, -0.25) is 4.79 Å². The van der Waals surface area contributed by atoms with Gasteiger partial charge in [-0.05, 0) is 43.7 Å². The van der Waals surface area contributed by atoms with Crippen molar-refractivity contribution in [3.8, 4) is 0 Å². The van der Waals surface area contributed by atoms with Crippen molar-refractivity contribution in [2.24, 2.45) is 0 Å². The number of ketones is 1. The van der Waals surface area contributed by atoms with E-state index in [1.807, 2.05) is 18.2 Å². The zero-order chi connectivity index (χ0) is 12.7. The van der Waals surface area contributed by atoms with Crippen LogP contribution >= 0.6 is 0 Å². The van der Waals surface area contributed by atoms with Gasteiger partial charge in [-0.1, -0.05) is 18.2 Å². The average molecular weight is 236 g/mol. The number of carbonyl (C=O) groups is 1. The molecular formula is C14H20O3. The maximum atomic E-state index is 11.5. The third-order valence-electron chi connectivity index (χ3n) is 2.78. The molecule has 0 radical (unpaired) electrons. The van der Waals surface area contributed by atoms with Crippen LogP contribution in [0.1, 0.15) is 41.3 Å². The van der Waals surface area contributed by atoms with Gasteiger partial charge in [0.25, 0.3) is 0 Å². The molecule has 0 saturated carbocycles. The third-order valence-corrected chi connectivity index (χ3v) is 2.78. The first-order chi connectivity index (χ1) is 8.19. The van der Waals surface area contributed by atoms with E-state index in [2.05, 4.69) is 0 Å². The number of hydrogen-bond donors (Lipinski definition) is 2. The van der Waals surface area contributed by atoms with Crippen LogP contribution in [-0.4, -0.2) is 29.2 Å². The molecule has 17 heavy (non-hydrogen) atoms. The molecule has 0 atom stereocenters. The van der Waals surface area contributed by atoms with Gasteiger partial charge in [0.05, 0.1) is 0 Å². The van der Waals surface area contributed by atoms with E-state index < -0.39 is 0 Å². The van der Waals surface area contributed by atoms with Gasteiger partial charge in [-0.2, -0.15) is 0 Å². The molecule has 1 rings (SSSR count). The molecule has 94 valence electrons. The maximum absolute atomic E-state index is 11.5. The Balaban J connectivity index is 2.88. The minimum Gasteiger partial charge on any atom is -0.396 e. The summed E-state index contributed by atoms with van der Waals surface area (Å²) < 4.78 is 0. The number of hydrogen-bond acceptors (Lipinski definition) is 3. The molecule has 1 aromatic rings. The van der Waals surface area contributed by atoms with Crippen molar-refractivity contribution in [3.05, 3.63) is 34.9 Å². The Morgan fingerprint density at radius 3 is 2.35 bits per heavy atom. The van der Waals surface area contributed by atoms with Crippen molar-refractivity contribution < 1.29 is 15.0 Å². The zero-order valence-electron chi connectivity index (χ0n) is 10.3. The summed E-state index contributed by atoms with van der Waals surface area (Å²) in [6, 6.07) is 5.80. The van der Waals surface area contributed by atoms with Gasteiger partial charge in [0.15, 0.2) is 5.78 Å². The Bertz CT molecular complexity index is 372. The molecule has 0 saturated heterocycles. The molecule has 0 spiro atoms. The predicted molar refractivity (Wildman–Crippen MR) is 67.3 cm³/mol. The van der Waals surface area contributed by atoms with E-state index in [1.54, 1.807) is 6.92 Å². The summed E-state index contributed by atoms with van der Waals surface area (Å²) in [5.41, 5.74) is 2.88. The fraction of sp³-hybridized carbons (Fsp3) is 0.500. The number of carbonyl (C=O) groups excluding carboxylic acids is 1. The third kappa shape index (κ3) is 4.29. The smallest absolute Gasteiger partial charge is 0.160 e. The van der Waals surface area contributed by atoms with Gasteiger partial charge in [0, 0.05) is 18.8 Å². The second-order valence-electron chi connectivity index (χ2n) is 4.20. The fourth-order valence-electron chi connectivity index (χ4n) is 1.91. The molecule has 0 aliphatic rings. The van der Waals surface area contributed by atoms with Crippen molar-refractivity contribution in [1.82, 2.24) is 0 Å². The number of benzene rings is 1. The molecule has 1 aromatic carbocycles. The Morgan fingerprint density at radius 2 is 1.76 bits per heavy atom. The number of aryl methyl sites for hydroxylation is 2. The highest BCUT2D eigenvalue weighted by molar-refractivity contribution is 5.95. The van der Waals surface area contributed by atoms with Crippen molar-refractivity contribution >= 4 is 5.78 Å². The standard InChI is InChI=1S/C14H20O3/c1-11(17)14-7-6-12(4-2-8-15)10-13(14)5-3-9-16/h6-7,10,15-16H,2-5,8-9H2,1H3. The lowest BCUT2D eigenvalue weighted by atomic mass is 9.96. The molecule has 0 aliphatic heterocycles. The van der Waals surface area contributed by atoms with Crippen LogP contribution in [0.5, 0.6) is 0 Å². The maximum Gasteiger partial charge on any atom is 0.160 e. The lowest BCUT2D eigenvalue weighted by Crippen LogP contribution is -2.02. The summed E-state index contributed by atoms with van der Waals surface area (Å²) in [6.07, 6.45) is 2.95. The Labute approximate surface area is 102 Å². The van der Waals surface area contributed by atoms with E-state index in [4.69, 9.17) is 10.2 Å². The van der Waals surface area contributed by atoms with Crippen molar-refractivity contribution in [2.45, 2.75) is 32.6 Å². The highest BCUT2D eigenvalue weighted by atomic mass is 16.3. The Hall–Kier alpha value is -1.19. The molecule has 0 bridgehead atoms. The average Bonchev–Trinajstić information content (AvgIpc) is 2.33. The minimum atomic E-state index is 0.0617. The summed E-state index contributed by atoms with van der Waals surface area (Å²) in [4.78, 5) is 11.5. The molecule has 0 heterocycles. The zero-order valence-corrected chi connectivity index (χ0v) is 10.3. The molecule has 3 heteroatoms. The number of Topliss-reactive ketones (excluding diaryl/α,β-unsaturated/α-hetero) is 1. The molecular weight excluding hydrogens is 216 g/mol. The Morgan fingerprint density at radius 1 is 1.12 bits per heavy atom. The lowest BCUT2D eigenvalue weighted by molar-refractivity contribution is 0.101. The second kappa shape index (κ2) is 7.20. The summed E-state index contributed by atoms with van der Waals surface area (Å²) in [5, 5.41) is 17.6. The lowest BCUT2D eigenvalue weighted by Gasteiger charge is -2.09. The topological polar surface area (TPSA) is 57.5 Å². The molecule has 3 nitrogen and oxygen atoms in total. The van der Waals surface area contributed by atoms with Crippen molar-refractivity contribution in [1.29, 1.82) is 0 Å². The molecule has 2 N–H and O–H groups in total. The largest absolute Gasteiger partial charge is 0.396 e. The van der Waals surface area contributed by atoms with Gasteiger partial charge >= 0.3 is 0 Å². The second-order valence-corrected chi connectivity index (χ2v) is 4.20. The molecule has 0 amide bonds. The van der Waals surface area contributed by atoms with Gasteiger partial charge in [0.1, 0.15) is 0 Å². The van der Waals surface area contributed by atoms with E-state index in [1.165, 1.54) is 0 Å². The quantitative estimate of drug-likeness (QED) is 0.709.